The molecule has 0 spiro atoms. The highest BCUT2D eigenvalue weighted by atomic mass is 13.9. The van der Waals surface area contributed by atoms with Gasteiger partial charge in [-0.1, -0.05) is 83.2 Å². The van der Waals surface area contributed by atoms with E-state index < -0.39 is 0 Å². The van der Waals surface area contributed by atoms with Crippen LogP contribution in [-0.2, 0) is 0 Å². The molecule has 0 aromatic heterocycles. The standard InChI is InChI=1S/C16H10.C12H10.C8H8.C8H6.C6H6.C4H8.C4H6/c1-3-5-7-9-15-11-13-16(14-12-15)10-8-6-4-2;1-3-5-11-7-9-12(6-4-2)10-8-11;2*1-3-5-7-8-6-4-2;1-3-5-6-4-2;2*1-3-4-2/h11-14H,1-2H3;7-10H,1-2H3;7-8H,1-2H3;1-2H3;1-2H3;3-4H,1-2H3;1-2H3/b;;8-7+;;;;. The van der Waals surface area contributed by atoms with Crippen molar-refractivity contribution in [1.82, 2.24) is 0 Å². The zero-order valence-electron chi connectivity index (χ0n) is 36.9. The van der Waals surface area contributed by atoms with E-state index in [9.17, 15) is 0 Å². The topological polar surface area (TPSA) is 0 Å². The van der Waals surface area contributed by atoms with Crippen molar-refractivity contribution < 1.29 is 0 Å². The summed E-state index contributed by atoms with van der Waals surface area (Å²) in [5, 5.41) is 0. The fraction of sp³-hybridized carbons (Fsp3) is 0.241. The van der Waals surface area contributed by atoms with E-state index in [0.29, 0.717) is 0 Å². The molecule has 0 saturated heterocycles. The highest BCUT2D eigenvalue weighted by molar-refractivity contribution is 5.46. The van der Waals surface area contributed by atoms with Crippen LogP contribution in [0.3, 0.4) is 0 Å². The maximum absolute atomic E-state index is 2.98. The summed E-state index contributed by atoms with van der Waals surface area (Å²) in [5.74, 6) is 76.2. The summed E-state index contributed by atoms with van der Waals surface area (Å²) in [5.41, 5.74) is 3.96. The van der Waals surface area contributed by atoms with Gasteiger partial charge in [0.15, 0.2) is 0 Å². The first-order valence-electron chi connectivity index (χ1n) is 17.8. The molecule has 0 N–H and O–H groups in total. The molecule has 2 aromatic rings. The average Bonchev–Trinajstić information content (AvgIpc) is 3.26. The van der Waals surface area contributed by atoms with E-state index in [0.717, 1.165) is 22.3 Å². The highest BCUT2D eigenvalue weighted by Gasteiger charge is 1.87. The molecule has 2 aromatic carbocycles. The second kappa shape index (κ2) is 58.1. The first kappa shape index (κ1) is 59.1. The normalized spacial score (nSPS) is 6.10. The lowest BCUT2D eigenvalue weighted by Gasteiger charge is -1.90. The zero-order chi connectivity index (χ0) is 44.6. The molecule has 0 fully saturated rings. The fourth-order valence-corrected chi connectivity index (χ4v) is 2.46. The number of allylic oxidation sites excluding steroid dienone is 4. The predicted molar refractivity (Wildman–Crippen MR) is 256 cm³/mol. The largest absolute Gasteiger partial charge is 0.107 e. The quantitative estimate of drug-likeness (QED) is 0.186. The van der Waals surface area contributed by atoms with Crippen molar-refractivity contribution in [3.8, 4) is 166 Å². The Bertz CT molecular complexity index is 2240. The van der Waals surface area contributed by atoms with Crippen LogP contribution < -0.4 is 0 Å². The van der Waals surface area contributed by atoms with Crippen molar-refractivity contribution in [3.05, 3.63) is 95.1 Å². The van der Waals surface area contributed by atoms with Crippen molar-refractivity contribution in [2.24, 2.45) is 0 Å². The number of hydrogen-bond donors (Lipinski definition) is 0. The molecule has 58 heavy (non-hydrogen) atoms. The van der Waals surface area contributed by atoms with Gasteiger partial charge < -0.3 is 0 Å². The molecule has 0 heteroatoms. The molecule has 0 heterocycles. The minimum atomic E-state index is 0.940. The van der Waals surface area contributed by atoms with Crippen LogP contribution in [0.1, 0.15) is 119 Å². The van der Waals surface area contributed by atoms with Gasteiger partial charge in [-0.15, -0.1) is 35.5 Å². The minimum Gasteiger partial charge on any atom is -0.107 e. The van der Waals surface area contributed by atoms with Crippen LogP contribution in [0, 0.1) is 166 Å². The van der Waals surface area contributed by atoms with Gasteiger partial charge in [0.2, 0.25) is 0 Å². The molecule has 0 atom stereocenters. The molecule has 0 amide bonds. The lowest BCUT2D eigenvalue weighted by atomic mass is 10.1. The molecule has 0 bridgehead atoms. The maximum atomic E-state index is 2.98. The van der Waals surface area contributed by atoms with E-state index in [2.05, 4.69) is 166 Å². The Morgan fingerprint density at radius 1 is 0.259 bits per heavy atom. The molecule has 0 aliphatic heterocycles. The van der Waals surface area contributed by atoms with Crippen molar-refractivity contribution >= 4 is 0 Å². The monoisotopic (exact) mass is 750 g/mol. The molecule has 0 saturated carbocycles. The summed E-state index contributed by atoms with van der Waals surface area (Å²) in [6, 6.07) is 15.6. The second-order valence-corrected chi connectivity index (χ2v) is 9.19. The van der Waals surface area contributed by atoms with E-state index >= 15 is 0 Å². The number of hydrogen-bond acceptors (Lipinski definition) is 0. The number of benzene rings is 2. The lowest BCUT2D eigenvalue weighted by molar-refractivity contribution is 1.60. The summed E-state index contributed by atoms with van der Waals surface area (Å²) in [7, 11) is 0. The van der Waals surface area contributed by atoms with Gasteiger partial charge in [-0.3, -0.25) is 0 Å². The highest BCUT2D eigenvalue weighted by Crippen LogP contribution is 2.02. The number of rotatable bonds is 0. The van der Waals surface area contributed by atoms with Gasteiger partial charge in [0.25, 0.3) is 0 Å². The van der Waals surface area contributed by atoms with E-state index in [-0.39, 0.29) is 0 Å². The van der Waals surface area contributed by atoms with Crippen molar-refractivity contribution in [3.63, 3.8) is 0 Å². The third-order valence-corrected chi connectivity index (χ3v) is 4.97. The van der Waals surface area contributed by atoms with Crippen LogP contribution in [0.2, 0.25) is 0 Å². The average molecular weight is 751 g/mol. The Balaban J connectivity index is -0.000000199. The summed E-state index contributed by atoms with van der Waals surface area (Å²) in [6.07, 6.45) is 7.47. The van der Waals surface area contributed by atoms with E-state index in [1.807, 2.05) is 102 Å². The molecular weight excluding hydrogens is 697 g/mol. The summed E-state index contributed by atoms with van der Waals surface area (Å²) >= 11 is 0. The first-order chi connectivity index (χ1) is 28.3. The van der Waals surface area contributed by atoms with Gasteiger partial charge in [-0.2, -0.15) is 0 Å². The minimum absolute atomic E-state index is 0.940. The fourth-order valence-electron chi connectivity index (χ4n) is 2.46. The molecule has 0 aliphatic rings. The molecule has 0 radical (unpaired) electrons. The van der Waals surface area contributed by atoms with Gasteiger partial charge in [0.05, 0.1) is 0 Å². The van der Waals surface area contributed by atoms with Gasteiger partial charge in [0.1, 0.15) is 0 Å². The van der Waals surface area contributed by atoms with Crippen molar-refractivity contribution in [2.75, 3.05) is 0 Å². The van der Waals surface area contributed by atoms with Crippen LogP contribution >= 0.6 is 0 Å². The molecule has 0 unspecified atom stereocenters. The van der Waals surface area contributed by atoms with Crippen LogP contribution in [0.15, 0.2) is 72.8 Å². The molecule has 0 aliphatic carbocycles. The van der Waals surface area contributed by atoms with Gasteiger partial charge in [0, 0.05) is 22.3 Å². The smallest absolute Gasteiger partial charge is 0.0256 e. The van der Waals surface area contributed by atoms with Gasteiger partial charge in [-0.05, 0) is 217 Å². The Morgan fingerprint density at radius 3 is 0.707 bits per heavy atom. The summed E-state index contributed by atoms with van der Waals surface area (Å²) < 4.78 is 0. The Kier molecular flexibility index (Phi) is 59.1. The van der Waals surface area contributed by atoms with Crippen LogP contribution in [0.25, 0.3) is 0 Å². The van der Waals surface area contributed by atoms with Crippen LogP contribution in [-0.4, -0.2) is 0 Å². The van der Waals surface area contributed by atoms with Crippen molar-refractivity contribution in [2.45, 2.75) is 96.9 Å². The SMILES string of the molecule is CC#C/C=C/C#CC.CC#CC.CC#CC#CC.CC#CC#CC#CC.CC#CC#Cc1ccc(C#CC#CC)cc1.CC#Cc1ccc(C#CC)cc1.CC=CC. The molecule has 286 valence electrons. The summed E-state index contributed by atoms with van der Waals surface area (Å²) in [6.45, 7) is 25.5. The third kappa shape index (κ3) is 57.1. The van der Waals surface area contributed by atoms with E-state index in [1.165, 1.54) is 0 Å². The van der Waals surface area contributed by atoms with E-state index in [1.54, 1.807) is 67.5 Å². The van der Waals surface area contributed by atoms with Crippen LogP contribution in [0.5, 0.6) is 0 Å². The van der Waals surface area contributed by atoms with E-state index in [4.69, 9.17) is 0 Å². The summed E-state index contributed by atoms with van der Waals surface area (Å²) in [4.78, 5) is 0. The van der Waals surface area contributed by atoms with Gasteiger partial charge >= 0.3 is 0 Å². The second-order valence-electron chi connectivity index (χ2n) is 9.19. The van der Waals surface area contributed by atoms with Crippen LogP contribution in [0.4, 0.5) is 0 Å². The van der Waals surface area contributed by atoms with Gasteiger partial charge in [-0.25, -0.2) is 0 Å². The maximum Gasteiger partial charge on any atom is 0.0256 e. The lowest BCUT2D eigenvalue weighted by Crippen LogP contribution is -1.76. The van der Waals surface area contributed by atoms with Crippen molar-refractivity contribution in [1.29, 1.82) is 0 Å². The third-order valence-electron chi connectivity index (χ3n) is 4.97. The molecule has 2 rings (SSSR count). The predicted octanol–water partition coefficient (Wildman–Crippen LogP) is 11.1. The molecular formula is C58H54. The Morgan fingerprint density at radius 2 is 0.500 bits per heavy atom. The first-order valence-corrected chi connectivity index (χ1v) is 17.8. The Hall–Kier alpha value is -8.24. The zero-order valence-corrected chi connectivity index (χ0v) is 36.9. The molecule has 0 nitrogen and oxygen atoms in total. The Labute approximate surface area is 356 Å².